The highest BCUT2D eigenvalue weighted by molar-refractivity contribution is 6.96. The van der Waals surface area contributed by atoms with Crippen molar-refractivity contribution in [3.05, 3.63) is 30.3 Å². The van der Waals surface area contributed by atoms with Gasteiger partial charge in [-0.05, 0) is 20.2 Å². The molecule has 0 fully saturated rings. The Labute approximate surface area is 194 Å². The van der Waals surface area contributed by atoms with E-state index < -0.39 is 25.4 Å². The molecule has 0 aliphatic heterocycles. The lowest BCUT2D eigenvalue weighted by Gasteiger charge is -2.61. The molecule has 1 rings (SSSR count). The monoisotopic (exact) mass is 486 g/mol. The van der Waals surface area contributed by atoms with Crippen LogP contribution in [0.2, 0.25) is 33.2 Å². The number of hydrogen-bond donors (Lipinski definition) is 1. The van der Waals surface area contributed by atoms with Crippen LogP contribution in [0.25, 0.3) is 0 Å². The molecule has 1 aromatic carbocycles. The lowest BCUT2D eigenvalue weighted by atomic mass is 10.2. The van der Waals surface area contributed by atoms with Crippen LogP contribution in [0.1, 0.15) is 83.1 Å². The van der Waals surface area contributed by atoms with Crippen LogP contribution in [0.4, 0.5) is 8.22 Å². The van der Waals surface area contributed by atoms with Gasteiger partial charge in [-0.1, -0.05) is 127 Å². The van der Waals surface area contributed by atoms with Crippen molar-refractivity contribution in [1.82, 2.24) is 9.43 Å². The minimum Gasteiger partial charge on any atom is -0.283 e. The highest BCUT2D eigenvalue weighted by atomic mass is 28.5. The third-order valence-corrected chi connectivity index (χ3v) is 26.0. The fourth-order valence-corrected chi connectivity index (χ4v) is 20.0. The van der Waals surface area contributed by atoms with Gasteiger partial charge in [0.2, 0.25) is 0 Å². The normalized spacial score (nSPS) is 15.5. The first-order valence-electron chi connectivity index (χ1n) is 11.5. The summed E-state index contributed by atoms with van der Waals surface area (Å²) in [6.45, 7) is 30.6. The zero-order chi connectivity index (χ0) is 24.9. The van der Waals surface area contributed by atoms with Crippen LogP contribution in [-0.4, -0.2) is 29.7 Å². The smallest absolute Gasteiger partial charge is 0.283 e. The van der Waals surface area contributed by atoms with Crippen LogP contribution in [0.15, 0.2) is 30.3 Å². The summed E-state index contributed by atoms with van der Waals surface area (Å²) in [5.74, 6) is 0. The molecule has 0 bridgehead atoms. The molecular formula is C24H48F2N2Si3. The zero-order valence-corrected chi connectivity index (χ0v) is 25.6. The van der Waals surface area contributed by atoms with E-state index in [1.54, 1.807) is 28.6 Å². The van der Waals surface area contributed by atoms with Crippen LogP contribution < -0.4 is 10.3 Å². The highest BCUT2D eigenvalue weighted by Crippen LogP contribution is 2.56. The first kappa shape index (κ1) is 28.7. The standard InChI is InChI=1S/C24H48F2N2Si3/c1-21(2,3)29(13,22(4,5)6)27-28(30(14,23(7,8)9)24(10,11)12)31(25,26)20-18-16-15-17-19-20/h15-19,27H,1-14H3. The predicted octanol–water partition coefficient (Wildman–Crippen LogP) is 7.93. The first-order valence-corrected chi connectivity index (χ1v) is 18.1. The topological polar surface area (TPSA) is 15.3 Å². The molecule has 31 heavy (non-hydrogen) atoms. The maximum atomic E-state index is 16.7. The molecule has 1 aromatic rings. The van der Waals surface area contributed by atoms with Gasteiger partial charge >= 0.3 is 8.90 Å². The van der Waals surface area contributed by atoms with E-state index in [1.165, 1.54) is 0 Å². The second-order valence-electron chi connectivity index (χ2n) is 13.6. The highest BCUT2D eigenvalue weighted by Gasteiger charge is 2.66. The molecular weight excluding hydrogens is 439 g/mol. The molecule has 0 spiro atoms. The average molecular weight is 487 g/mol. The molecule has 0 saturated heterocycles. The number of hydrogen-bond acceptors (Lipinski definition) is 2. The lowest BCUT2D eigenvalue weighted by molar-refractivity contribution is 0.369. The number of hydrazine groups is 1. The summed E-state index contributed by atoms with van der Waals surface area (Å²) >= 11 is 0. The summed E-state index contributed by atoms with van der Waals surface area (Å²) in [6.07, 6.45) is 0. The Balaban J connectivity index is 3.98. The largest absolute Gasteiger partial charge is 0.546 e. The number of nitrogens with zero attached hydrogens (tertiary/aromatic N) is 1. The minimum absolute atomic E-state index is 0.101. The quantitative estimate of drug-likeness (QED) is 0.258. The Morgan fingerprint density at radius 2 is 1.00 bits per heavy atom. The SMILES string of the molecule is CC(C)(C)[Si](C)(NN([Si](F)(F)c1ccccc1)[Si](C)(C(C)(C)C)C(C)(C)C)C(C)(C)C. The molecule has 1 N–H and O–H groups in total. The van der Waals surface area contributed by atoms with Crippen molar-refractivity contribution < 1.29 is 8.22 Å². The van der Waals surface area contributed by atoms with Gasteiger partial charge in [0.15, 0.2) is 0 Å². The number of benzene rings is 1. The van der Waals surface area contributed by atoms with E-state index in [-0.39, 0.29) is 25.3 Å². The van der Waals surface area contributed by atoms with Crippen molar-refractivity contribution in [1.29, 1.82) is 0 Å². The van der Waals surface area contributed by atoms with Crippen molar-refractivity contribution >= 4 is 30.6 Å². The van der Waals surface area contributed by atoms with Gasteiger partial charge in [0.05, 0.1) is 0 Å². The summed E-state index contributed by atoms with van der Waals surface area (Å²) in [4.78, 5) is 0. The maximum absolute atomic E-state index is 16.7. The second kappa shape index (κ2) is 8.46. The third kappa shape index (κ3) is 5.10. The molecule has 0 radical (unpaired) electrons. The van der Waals surface area contributed by atoms with E-state index >= 15 is 8.22 Å². The fourth-order valence-electron chi connectivity index (χ4n) is 4.71. The van der Waals surface area contributed by atoms with E-state index in [0.717, 1.165) is 0 Å². The molecule has 0 aromatic heterocycles. The van der Waals surface area contributed by atoms with Crippen LogP contribution in [-0.2, 0) is 0 Å². The van der Waals surface area contributed by atoms with E-state index in [2.05, 4.69) is 101 Å². The van der Waals surface area contributed by atoms with Crippen LogP contribution >= 0.6 is 0 Å². The molecule has 0 amide bonds. The molecule has 7 heteroatoms. The van der Waals surface area contributed by atoms with E-state index in [0.29, 0.717) is 0 Å². The molecule has 0 saturated carbocycles. The van der Waals surface area contributed by atoms with Crippen LogP contribution in [0, 0.1) is 0 Å². The Bertz CT molecular complexity index is 711. The Hall–Kier alpha value is -0.349. The van der Waals surface area contributed by atoms with Crippen molar-refractivity contribution in [3.8, 4) is 0 Å². The number of halogens is 2. The maximum Gasteiger partial charge on any atom is 0.546 e. The zero-order valence-electron chi connectivity index (χ0n) is 22.6. The predicted molar refractivity (Wildman–Crippen MR) is 141 cm³/mol. The molecule has 0 unspecified atom stereocenters. The van der Waals surface area contributed by atoms with Crippen molar-refractivity contribution in [2.75, 3.05) is 0 Å². The second-order valence-corrected chi connectivity index (χ2v) is 27.2. The van der Waals surface area contributed by atoms with Gasteiger partial charge < -0.3 is 0 Å². The van der Waals surface area contributed by atoms with Crippen LogP contribution in [0.5, 0.6) is 0 Å². The summed E-state index contributed by atoms with van der Waals surface area (Å²) in [6, 6.07) is 8.54. The van der Waals surface area contributed by atoms with Gasteiger partial charge in [-0.2, -0.15) is 0 Å². The Morgan fingerprint density at radius 3 is 1.29 bits per heavy atom. The molecule has 180 valence electrons. The number of rotatable bonds is 5. The fraction of sp³-hybridized carbons (Fsp3) is 0.750. The van der Waals surface area contributed by atoms with Gasteiger partial charge in [0.25, 0.3) is 0 Å². The van der Waals surface area contributed by atoms with Gasteiger partial charge in [-0.3, -0.25) is 5.09 Å². The van der Waals surface area contributed by atoms with Gasteiger partial charge in [0, 0.05) is 5.19 Å². The van der Waals surface area contributed by atoms with Gasteiger partial charge in [-0.15, -0.1) is 0 Å². The molecule has 0 heterocycles. The number of nitrogens with one attached hydrogen (secondary N) is 1. The summed E-state index contributed by atoms with van der Waals surface area (Å²) in [5.41, 5.74) is 0. The molecule has 0 aliphatic rings. The molecule has 2 nitrogen and oxygen atoms in total. The van der Waals surface area contributed by atoms with E-state index in [9.17, 15) is 0 Å². The van der Waals surface area contributed by atoms with Gasteiger partial charge in [-0.25, -0.2) is 12.6 Å². The van der Waals surface area contributed by atoms with Crippen molar-refractivity contribution in [2.45, 2.75) is 116 Å². The lowest BCUT2D eigenvalue weighted by Crippen LogP contribution is -2.82. The Kier molecular flexibility index (Phi) is 7.82. The first-order chi connectivity index (χ1) is 13.4. The minimum atomic E-state index is -5.01. The van der Waals surface area contributed by atoms with Gasteiger partial charge in [0.1, 0.15) is 16.5 Å². The summed E-state index contributed by atoms with van der Waals surface area (Å²) in [7, 11) is -10.3. The molecule has 0 aliphatic carbocycles. The van der Waals surface area contributed by atoms with E-state index in [4.69, 9.17) is 0 Å². The van der Waals surface area contributed by atoms with Crippen LogP contribution in [0.3, 0.4) is 0 Å². The third-order valence-electron chi connectivity index (χ3n) is 8.11. The van der Waals surface area contributed by atoms with Crippen molar-refractivity contribution in [2.24, 2.45) is 0 Å². The summed E-state index contributed by atoms with van der Waals surface area (Å²) in [5, 5.41) is 3.22. The van der Waals surface area contributed by atoms with E-state index in [1.807, 2.05) is 6.07 Å². The van der Waals surface area contributed by atoms with Crippen molar-refractivity contribution in [3.63, 3.8) is 0 Å². The summed E-state index contributed by atoms with van der Waals surface area (Å²) < 4.78 is 35.1. The average Bonchev–Trinajstić information content (AvgIpc) is 2.55. The Morgan fingerprint density at radius 1 is 0.645 bits per heavy atom. The molecule has 0 atom stereocenters.